The zero-order valence-corrected chi connectivity index (χ0v) is 23.3. The average molecular weight is 599 g/mol. The molecular formula is C32H21Cl2FN4O3. The second kappa shape index (κ2) is 11.5. The first-order valence-electron chi connectivity index (χ1n) is 12.8. The number of nitrogens with zero attached hydrogens (tertiary/aromatic N) is 2. The molecule has 0 aliphatic carbocycles. The first-order chi connectivity index (χ1) is 20.4. The van der Waals surface area contributed by atoms with Gasteiger partial charge in [-0.05, 0) is 59.5 Å². The van der Waals surface area contributed by atoms with Crippen LogP contribution in [0.1, 0.15) is 15.9 Å². The van der Waals surface area contributed by atoms with Crippen molar-refractivity contribution in [3.05, 3.63) is 130 Å². The van der Waals surface area contributed by atoms with E-state index >= 15 is 0 Å². The summed E-state index contributed by atoms with van der Waals surface area (Å²) in [6.45, 7) is 0.273. The summed E-state index contributed by atoms with van der Waals surface area (Å²) in [6.07, 6.45) is 0. The van der Waals surface area contributed by atoms with Crippen LogP contribution in [0, 0.1) is 5.82 Å². The van der Waals surface area contributed by atoms with Crippen molar-refractivity contribution in [1.82, 2.24) is 9.78 Å². The van der Waals surface area contributed by atoms with Crippen LogP contribution in [0.15, 0.2) is 103 Å². The molecule has 2 N–H and O–H groups in total. The minimum absolute atomic E-state index is 0.00538. The minimum atomic E-state index is -0.786. The van der Waals surface area contributed by atoms with Crippen molar-refractivity contribution in [2.24, 2.45) is 0 Å². The van der Waals surface area contributed by atoms with Gasteiger partial charge < -0.3 is 15.4 Å². The van der Waals surface area contributed by atoms with Gasteiger partial charge in [0.1, 0.15) is 5.82 Å². The maximum Gasteiger partial charge on any atom is 0.347 e. The normalized spacial score (nSPS) is 11.0. The lowest BCUT2D eigenvalue weighted by Crippen LogP contribution is -2.19. The lowest BCUT2D eigenvalue weighted by molar-refractivity contribution is 0.0729. The van der Waals surface area contributed by atoms with E-state index in [1.807, 2.05) is 42.5 Å². The monoisotopic (exact) mass is 598 g/mol. The van der Waals surface area contributed by atoms with Gasteiger partial charge in [-0.25, -0.2) is 14.0 Å². The number of esters is 1. The third-order valence-electron chi connectivity index (χ3n) is 6.61. The number of fused-ring (bicyclic) bond motifs is 2. The number of carbonyl (C=O) groups is 2. The number of aromatic nitrogens is 2. The topological polar surface area (TPSA) is 85.2 Å². The standard InChI is InChI=1S/C32H21Cl2FN4O3/c33-25-8-4-9-26(34)29(25)31(40)42-30-24-17-22(15-16-28(24)39(38-30)18-19-11-13-21(35)14-12-19)36-32(41)37-27-10-3-6-20-5-1-2-7-23(20)27/h1-17H,18H2,(H2,36,37,41). The molecule has 0 radical (unpaired) electrons. The molecule has 5 aromatic carbocycles. The van der Waals surface area contributed by atoms with Gasteiger partial charge in [0.05, 0.1) is 38.7 Å². The Labute approximate surface area is 249 Å². The van der Waals surface area contributed by atoms with E-state index in [-0.39, 0.29) is 33.9 Å². The van der Waals surface area contributed by atoms with E-state index in [0.717, 1.165) is 16.3 Å². The summed E-state index contributed by atoms with van der Waals surface area (Å²) in [7, 11) is 0. The predicted octanol–water partition coefficient (Wildman–Crippen LogP) is 8.55. The third-order valence-corrected chi connectivity index (χ3v) is 7.24. The molecule has 0 saturated heterocycles. The summed E-state index contributed by atoms with van der Waals surface area (Å²) < 4.78 is 20.8. The van der Waals surface area contributed by atoms with E-state index in [1.54, 1.807) is 41.1 Å². The zero-order valence-electron chi connectivity index (χ0n) is 21.8. The number of ether oxygens (including phenoxy) is 1. The van der Waals surface area contributed by atoms with Gasteiger partial charge in [-0.1, -0.05) is 77.8 Å². The zero-order chi connectivity index (χ0) is 29.2. The Morgan fingerprint density at radius 3 is 2.31 bits per heavy atom. The highest BCUT2D eigenvalue weighted by Gasteiger charge is 2.21. The molecule has 1 heterocycles. The quantitative estimate of drug-likeness (QED) is 0.188. The Balaban J connectivity index is 1.32. The van der Waals surface area contributed by atoms with Crippen molar-refractivity contribution in [3.8, 4) is 5.88 Å². The van der Waals surface area contributed by atoms with Crippen molar-refractivity contribution in [2.45, 2.75) is 6.54 Å². The molecule has 6 aromatic rings. The van der Waals surface area contributed by atoms with Crippen LogP contribution in [0.3, 0.4) is 0 Å². The molecule has 10 heteroatoms. The first-order valence-corrected chi connectivity index (χ1v) is 13.6. The molecule has 0 saturated carbocycles. The molecule has 208 valence electrons. The number of nitrogens with one attached hydrogen (secondary N) is 2. The number of amides is 2. The molecular weight excluding hydrogens is 578 g/mol. The Morgan fingerprint density at radius 2 is 1.52 bits per heavy atom. The van der Waals surface area contributed by atoms with Gasteiger partial charge in [-0.3, -0.25) is 4.68 Å². The third kappa shape index (κ3) is 5.63. The molecule has 0 spiro atoms. The number of hydrogen-bond acceptors (Lipinski definition) is 4. The van der Waals surface area contributed by atoms with E-state index in [0.29, 0.717) is 22.3 Å². The molecule has 0 aliphatic heterocycles. The van der Waals surface area contributed by atoms with Crippen molar-refractivity contribution in [3.63, 3.8) is 0 Å². The molecule has 2 amide bonds. The Morgan fingerprint density at radius 1 is 0.810 bits per heavy atom. The van der Waals surface area contributed by atoms with Crippen LogP contribution in [0.5, 0.6) is 5.88 Å². The fourth-order valence-corrected chi connectivity index (χ4v) is 5.19. The second-order valence-electron chi connectivity index (χ2n) is 9.41. The molecule has 0 atom stereocenters. The number of urea groups is 1. The van der Waals surface area contributed by atoms with Gasteiger partial charge in [-0.15, -0.1) is 5.10 Å². The van der Waals surface area contributed by atoms with E-state index in [2.05, 4.69) is 15.7 Å². The highest BCUT2D eigenvalue weighted by atomic mass is 35.5. The maximum atomic E-state index is 13.5. The molecule has 0 aliphatic rings. The van der Waals surface area contributed by atoms with Crippen molar-refractivity contribution >= 4 is 68.3 Å². The van der Waals surface area contributed by atoms with Crippen molar-refractivity contribution in [1.29, 1.82) is 0 Å². The summed E-state index contributed by atoms with van der Waals surface area (Å²) in [4.78, 5) is 26.1. The Bertz CT molecular complexity index is 1950. The fourth-order valence-electron chi connectivity index (χ4n) is 4.64. The number of anilines is 2. The smallest absolute Gasteiger partial charge is 0.347 e. The second-order valence-corrected chi connectivity index (χ2v) is 10.2. The largest absolute Gasteiger partial charge is 0.401 e. The number of carbonyl (C=O) groups excluding carboxylic acids is 2. The van der Waals surface area contributed by atoms with E-state index in [9.17, 15) is 14.0 Å². The Kier molecular flexibility index (Phi) is 7.48. The fraction of sp³-hybridized carbons (Fsp3) is 0.0312. The molecule has 42 heavy (non-hydrogen) atoms. The number of halogens is 3. The van der Waals surface area contributed by atoms with Gasteiger partial charge in [0, 0.05) is 11.1 Å². The van der Waals surface area contributed by atoms with Crippen LogP contribution in [-0.2, 0) is 6.54 Å². The minimum Gasteiger partial charge on any atom is -0.401 e. The summed E-state index contributed by atoms with van der Waals surface area (Å²) in [5.74, 6) is -1.15. The molecule has 0 fully saturated rings. The number of hydrogen-bond donors (Lipinski definition) is 2. The molecule has 0 unspecified atom stereocenters. The summed E-state index contributed by atoms with van der Waals surface area (Å²) in [6, 6.07) is 28.7. The van der Waals surface area contributed by atoms with E-state index in [4.69, 9.17) is 27.9 Å². The van der Waals surface area contributed by atoms with Crippen LogP contribution in [0.25, 0.3) is 21.7 Å². The van der Waals surface area contributed by atoms with Crippen molar-refractivity contribution < 1.29 is 18.7 Å². The van der Waals surface area contributed by atoms with E-state index < -0.39 is 12.0 Å². The van der Waals surface area contributed by atoms with Gasteiger partial charge >= 0.3 is 12.0 Å². The lowest BCUT2D eigenvalue weighted by atomic mass is 10.1. The van der Waals surface area contributed by atoms with Gasteiger partial charge in [0.2, 0.25) is 5.88 Å². The highest BCUT2D eigenvalue weighted by molar-refractivity contribution is 6.39. The Hall–Kier alpha value is -4.92. The first kappa shape index (κ1) is 27.3. The van der Waals surface area contributed by atoms with Crippen LogP contribution < -0.4 is 15.4 Å². The van der Waals surface area contributed by atoms with Gasteiger partial charge in [0.15, 0.2) is 0 Å². The summed E-state index contributed by atoms with van der Waals surface area (Å²) >= 11 is 12.4. The highest BCUT2D eigenvalue weighted by Crippen LogP contribution is 2.32. The molecule has 0 bridgehead atoms. The summed E-state index contributed by atoms with van der Waals surface area (Å²) in [5, 5.41) is 12.9. The van der Waals surface area contributed by atoms with Crippen LogP contribution >= 0.6 is 23.2 Å². The average Bonchev–Trinajstić information content (AvgIpc) is 3.30. The number of benzene rings is 5. The predicted molar refractivity (Wildman–Crippen MR) is 163 cm³/mol. The van der Waals surface area contributed by atoms with Crippen LogP contribution in [-0.4, -0.2) is 21.8 Å². The summed E-state index contributed by atoms with van der Waals surface area (Å²) in [5.41, 5.74) is 2.50. The maximum absolute atomic E-state index is 13.5. The van der Waals surface area contributed by atoms with Crippen molar-refractivity contribution in [2.75, 3.05) is 10.6 Å². The SMILES string of the molecule is O=C(Nc1ccc2c(c1)c(OC(=O)c1c(Cl)cccc1Cl)nn2Cc1ccc(F)cc1)Nc1cccc2ccccc12. The van der Waals surface area contributed by atoms with Gasteiger partial charge in [0.25, 0.3) is 0 Å². The number of rotatable bonds is 6. The van der Waals surface area contributed by atoms with Gasteiger partial charge in [-0.2, -0.15) is 0 Å². The molecule has 1 aromatic heterocycles. The lowest BCUT2D eigenvalue weighted by Gasteiger charge is -2.11. The molecule has 7 nitrogen and oxygen atoms in total. The molecule has 6 rings (SSSR count). The van der Waals surface area contributed by atoms with Crippen LogP contribution in [0.2, 0.25) is 10.0 Å². The van der Waals surface area contributed by atoms with Crippen LogP contribution in [0.4, 0.5) is 20.6 Å². The van der Waals surface area contributed by atoms with E-state index in [1.165, 1.54) is 24.3 Å².